The normalized spacial score (nSPS) is 18.6. The predicted molar refractivity (Wildman–Crippen MR) is 62.1 cm³/mol. The van der Waals surface area contributed by atoms with Crippen molar-refractivity contribution in [2.24, 2.45) is 0 Å². The lowest BCUT2D eigenvalue weighted by molar-refractivity contribution is -0.139. The number of hydrogen-bond donors (Lipinski definition) is 1. The van der Waals surface area contributed by atoms with Crippen LogP contribution in [0.25, 0.3) is 0 Å². The zero-order chi connectivity index (χ0) is 14.9. The Balaban J connectivity index is 2.21. The Morgan fingerprint density at radius 2 is 2.00 bits per heavy atom. The molecule has 0 aromatic heterocycles. The monoisotopic (exact) mass is 287 g/mol. The highest BCUT2D eigenvalue weighted by Gasteiger charge is 2.33. The minimum absolute atomic E-state index is 0.170. The number of carboxylic acid groups (broad SMARTS) is 1. The van der Waals surface area contributed by atoms with Gasteiger partial charge in [-0.15, -0.1) is 0 Å². The summed E-state index contributed by atoms with van der Waals surface area (Å²) in [5.41, 5.74) is -0.172. The van der Waals surface area contributed by atoms with Crippen molar-refractivity contribution in [2.75, 3.05) is 0 Å². The highest BCUT2D eigenvalue weighted by atomic mass is 19.2. The summed E-state index contributed by atoms with van der Waals surface area (Å²) >= 11 is 0. The van der Waals surface area contributed by atoms with Crippen molar-refractivity contribution in [3.05, 3.63) is 35.1 Å². The van der Waals surface area contributed by atoms with Gasteiger partial charge in [-0.1, -0.05) is 6.07 Å². The average Bonchev–Trinajstić information content (AvgIpc) is 2.71. The van der Waals surface area contributed by atoms with E-state index in [0.717, 1.165) is 12.1 Å². The van der Waals surface area contributed by atoms with Crippen molar-refractivity contribution in [2.45, 2.75) is 31.8 Å². The van der Waals surface area contributed by atoms with Crippen LogP contribution in [0.2, 0.25) is 0 Å². The van der Waals surface area contributed by atoms with Gasteiger partial charge in [0.25, 0.3) is 0 Å². The highest BCUT2D eigenvalue weighted by Crippen LogP contribution is 2.25. The Labute approximate surface area is 112 Å². The van der Waals surface area contributed by atoms with E-state index in [0.29, 0.717) is 6.42 Å². The van der Waals surface area contributed by atoms with Crippen molar-refractivity contribution in [1.29, 1.82) is 0 Å². The highest BCUT2D eigenvalue weighted by molar-refractivity contribution is 5.80. The van der Waals surface area contributed by atoms with Crippen molar-refractivity contribution in [3.8, 4) is 0 Å². The molecule has 1 atom stereocenters. The number of carbonyl (C=O) groups is 2. The maximum Gasteiger partial charge on any atom is 0.305 e. The zero-order valence-corrected chi connectivity index (χ0v) is 10.4. The SMILES string of the molecule is O=C(O)CC1CCC(=O)N1Cc1ccc(F)c(F)c1F. The number of likely N-dealkylation sites (tertiary alicyclic amines) is 1. The van der Waals surface area contributed by atoms with E-state index in [2.05, 4.69) is 0 Å². The molecule has 1 aromatic carbocycles. The Morgan fingerprint density at radius 1 is 1.30 bits per heavy atom. The van der Waals surface area contributed by atoms with Gasteiger partial charge in [-0.25, -0.2) is 13.2 Å². The molecule has 2 rings (SSSR count). The first-order chi connectivity index (χ1) is 9.40. The van der Waals surface area contributed by atoms with Gasteiger partial charge in [0.1, 0.15) is 0 Å². The fourth-order valence-electron chi connectivity index (χ4n) is 2.30. The minimum Gasteiger partial charge on any atom is -0.481 e. The van der Waals surface area contributed by atoms with E-state index in [-0.39, 0.29) is 30.9 Å². The first-order valence-corrected chi connectivity index (χ1v) is 6.03. The van der Waals surface area contributed by atoms with Crippen LogP contribution in [0.5, 0.6) is 0 Å². The van der Waals surface area contributed by atoms with Crippen molar-refractivity contribution in [1.82, 2.24) is 4.90 Å². The van der Waals surface area contributed by atoms with E-state index >= 15 is 0 Å². The third-order valence-electron chi connectivity index (χ3n) is 3.32. The molecule has 0 saturated carbocycles. The van der Waals surface area contributed by atoms with E-state index in [9.17, 15) is 22.8 Å². The lowest BCUT2D eigenvalue weighted by Gasteiger charge is -2.24. The summed E-state index contributed by atoms with van der Waals surface area (Å²) in [5, 5.41) is 8.76. The molecule has 0 spiro atoms. The van der Waals surface area contributed by atoms with Crippen LogP contribution in [-0.4, -0.2) is 27.9 Å². The molecule has 1 amide bonds. The summed E-state index contributed by atoms with van der Waals surface area (Å²) in [7, 11) is 0. The van der Waals surface area contributed by atoms with Crippen LogP contribution in [0.3, 0.4) is 0 Å². The second-order valence-corrected chi connectivity index (χ2v) is 4.65. The van der Waals surface area contributed by atoms with Gasteiger partial charge in [-0.2, -0.15) is 0 Å². The molecule has 1 aliphatic rings. The summed E-state index contributed by atoms with van der Waals surface area (Å²) in [6.45, 7) is -0.264. The molecular weight excluding hydrogens is 275 g/mol. The van der Waals surface area contributed by atoms with Crippen LogP contribution in [0, 0.1) is 17.5 Å². The lowest BCUT2D eigenvalue weighted by Crippen LogP contribution is -2.34. The van der Waals surface area contributed by atoms with Crippen LogP contribution >= 0.6 is 0 Å². The maximum atomic E-state index is 13.6. The molecule has 20 heavy (non-hydrogen) atoms. The number of carbonyl (C=O) groups excluding carboxylic acids is 1. The maximum absolute atomic E-state index is 13.6. The molecule has 1 heterocycles. The van der Waals surface area contributed by atoms with Gasteiger partial charge in [-0.05, 0) is 12.5 Å². The van der Waals surface area contributed by atoms with Gasteiger partial charge in [0, 0.05) is 24.6 Å². The van der Waals surface area contributed by atoms with Crippen molar-refractivity contribution in [3.63, 3.8) is 0 Å². The van der Waals surface area contributed by atoms with Crippen LogP contribution in [0.15, 0.2) is 12.1 Å². The third-order valence-corrected chi connectivity index (χ3v) is 3.32. The topological polar surface area (TPSA) is 57.6 Å². The molecule has 1 saturated heterocycles. The standard InChI is InChI=1S/C13H12F3NO3/c14-9-3-1-7(12(15)13(9)16)6-17-8(5-11(19)20)2-4-10(17)18/h1,3,8H,2,4-6H2,(H,19,20). The lowest BCUT2D eigenvalue weighted by atomic mass is 10.1. The molecule has 1 N–H and O–H groups in total. The number of rotatable bonds is 4. The van der Waals surface area contributed by atoms with Gasteiger partial charge < -0.3 is 10.0 Å². The van der Waals surface area contributed by atoms with Gasteiger partial charge in [0.15, 0.2) is 17.5 Å². The van der Waals surface area contributed by atoms with E-state index in [1.54, 1.807) is 0 Å². The van der Waals surface area contributed by atoms with E-state index in [1.165, 1.54) is 4.90 Å². The van der Waals surface area contributed by atoms with Crippen molar-refractivity contribution >= 4 is 11.9 Å². The molecule has 0 aliphatic carbocycles. The van der Waals surface area contributed by atoms with E-state index in [1.807, 2.05) is 0 Å². The summed E-state index contributed by atoms with van der Waals surface area (Å²) in [6.07, 6.45) is 0.275. The smallest absolute Gasteiger partial charge is 0.305 e. The molecule has 1 unspecified atom stereocenters. The molecule has 0 bridgehead atoms. The quantitative estimate of drug-likeness (QED) is 0.862. The number of halogens is 3. The predicted octanol–water partition coefficient (Wildman–Crippen LogP) is 2.07. The fourth-order valence-corrected chi connectivity index (χ4v) is 2.30. The van der Waals surface area contributed by atoms with Gasteiger partial charge in [0.05, 0.1) is 6.42 Å². The average molecular weight is 287 g/mol. The van der Waals surface area contributed by atoms with Crippen LogP contribution in [0.1, 0.15) is 24.8 Å². The van der Waals surface area contributed by atoms with Crippen LogP contribution in [-0.2, 0) is 16.1 Å². The zero-order valence-electron chi connectivity index (χ0n) is 10.4. The molecule has 108 valence electrons. The fraction of sp³-hybridized carbons (Fsp3) is 0.385. The summed E-state index contributed by atoms with van der Waals surface area (Å²) in [6, 6.07) is 1.28. The minimum atomic E-state index is -1.59. The summed E-state index contributed by atoms with van der Waals surface area (Å²) in [4.78, 5) is 23.6. The molecule has 7 heteroatoms. The summed E-state index contributed by atoms with van der Waals surface area (Å²) < 4.78 is 39.5. The molecule has 0 radical (unpaired) electrons. The molecular formula is C13H12F3NO3. The molecule has 1 aliphatic heterocycles. The third kappa shape index (κ3) is 2.76. The van der Waals surface area contributed by atoms with E-state index < -0.39 is 29.5 Å². The Hall–Kier alpha value is -2.05. The van der Waals surface area contributed by atoms with Crippen molar-refractivity contribution < 1.29 is 27.9 Å². The number of hydrogen-bond acceptors (Lipinski definition) is 2. The largest absolute Gasteiger partial charge is 0.481 e. The first kappa shape index (κ1) is 14.4. The Bertz CT molecular complexity index is 562. The van der Waals surface area contributed by atoms with Gasteiger partial charge in [-0.3, -0.25) is 9.59 Å². The number of amides is 1. The molecule has 1 aromatic rings. The molecule has 4 nitrogen and oxygen atoms in total. The summed E-state index contributed by atoms with van der Waals surface area (Å²) in [5.74, 6) is -5.63. The van der Waals surface area contributed by atoms with E-state index in [4.69, 9.17) is 5.11 Å². The number of aliphatic carboxylic acids is 1. The van der Waals surface area contributed by atoms with Gasteiger partial charge in [0.2, 0.25) is 5.91 Å². The molecule has 1 fully saturated rings. The Kier molecular flexibility index (Phi) is 3.96. The number of carboxylic acids is 1. The van der Waals surface area contributed by atoms with Gasteiger partial charge >= 0.3 is 5.97 Å². The van der Waals surface area contributed by atoms with Crippen LogP contribution < -0.4 is 0 Å². The number of nitrogens with zero attached hydrogens (tertiary/aromatic N) is 1. The number of benzene rings is 1. The second-order valence-electron chi connectivity index (χ2n) is 4.65. The van der Waals surface area contributed by atoms with Crippen LogP contribution in [0.4, 0.5) is 13.2 Å². The first-order valence-electron chi connectivity index (χ1n) is 6.03. The Morgan fingerprint density at radius 3 is 2.65 bits per heavy atom. The second kappa shape index (κ2) is 5.52.